The Bertz CT molecular complexity index is 662. The highest BCUT2D eigenvalue weighted by Gasteiger charge is 2.43. The Hall–Kier alpha value is -1.66. The lowest BCUT2D eigenvalue weighted by Crippen LogP contribution is -2.37. The molecule has 23 heavy (non-hydrogen) atoms. The minimum atomic E-state index is -0.558. The van der Waals surface area contributed by atoms with Crippen molar-refractivity contribution in [3.05, 3.63) is 45.6 Å². The largest absolute Gasteiger partial charge is 0.503 e. The van der Waals surface area contributed by atoms with E-state index in [1.165, 1.54) is 6.92 Å². The van der Waals surface area contributed by atoms with Gasteiger partial charge in [0.25, 0.3) is 5.91 Å². The van der Waals surface area contributed by atoms with Gasteiger partial charge in [0.05, 0.1) is 17.7 Å². The minimum absolute atomic E-state index is 0.0454. The number of aliphatic hydroxyl groups is 1. The SMILES string of the molecule is CC(=O)C1=C(O)C(=O)N(C[C@H]2CCCO2)[C@H]1c1ccc(Br)cc1. The van der Waals surface area contributed by atoms with E-state index in [9.17, 15) is 14.7 Å². The smallest absolute Gasteiger partial charge is 0.290 e. The maximum absolute atomic E-state index is 12.5. The van der Waals surface area contributed by atoms with Crippen molar-refractivity contribution in [2.24, 2.45) is 0 Å². The van der Waals surface area contributed by atoms with Gasteiger partial charge in [-0.25, -0.2) is 0 Å². The molecule has 2 aliphatic rings. The first-order valence-electron chi connectivity index (χ1n) is 7.61. The number of benzene rings is 1. The normalized spacial score (nSPS) is 24.6. The summed E-state index contributed by atoms with van der Waals surface area (Å²) in [5.74, 6) is -1.24. The van der Waals surface area contributed by atoms with Gasteiger partial charge < -0.3 is 14.7 Å². The Morgan fingerprint density at radius 2 is 2.09 bits per heavy atom. The molecule has 0 spiro atoms. The first kappa shape index (κ1) is 16.2. The van der Waals surface area contributed by atoms with E-state index in [-0.39, 0.29) is 17.5 Å². The fourth-order valence-electron chi connectivity index (χ4n) is 3.20. The van der Waals surface area contributed by atoms with E-state index < -0.39 is 17.7 Å². The monoisotopic (exact) mass is 379 g/mol. The number of ketones is 1. The van der Waals surface area contributed by atoms with Crippen molar-refractivity contribution in [1.82, 2.24) is 4.90 Å². The lowest BCUT2D eigenvalue weighted by atomic mass is 9.96. The van der Waals surface area contributed by atoms with E-state index in [2.05, 4.69) is 15.9 Å². The summed E-state index contributed by atoms with van der Waals surface area (Å²) in [6.45, 7) is 2.44. The molecule has 0 bridgehead atoms. The molecule has 0 aromatic heterocycles. The zero-order valence-electron chi connectivity index (χ0n) is 12.8. The summed E-state index contributed by atoms with van der Waals surface area (Å²) in [6.07, 6.45) is 1.80. The molecule has 2 atom stereocenters. The van der Waals surface area contributed by atoms with Gasteiger partial charge in [0.15, 0.2) is 11.5 Å². The van der Waals surface area contributed by atoms with Gasteiger partial charge in [-0.1, -0.05) is 28.1 Å². The van der Waals surface area contributed by atoms with Crippen LogP contribution in [0.3, 0.4) is 0 Å². The first-order valence-corrected chi connectivity index (χ1v) is 8.40. The Morgan fingerprint density at radius 1 is 1.39 bits per heavy atom. The summed E-state index contributed by atoms with van der Waals surface area (Å²) in [5, 5.41) is 10.2. The highest BCUT2D eigenvalue weighted by atomic mass is 79.9. The van der Waals surface area contributed by atoms with Gasteiger partial charge in [-0.2, -0.15) is 0 Å². The molecule has 2 heterocycles. The molecule has 0 aliphatic carbocycles. The Balaban J connectivity index is 1.98. The number of Topliss-reactive ketones (excluding diaryl/α,β-unsaturated/α-hetero) is 1. The summed E-state index contributed by atoms with van der Waals surface area (Å²) in [6, 6.07) is 6.87. The number of amides is 1. The molecule has 1 N–H and O–H groups in total. The second-order valence-electron chi connectivity index (χ2n) is 5.87. The van der Waals surface area contributed by atoms with Gasteiger partial charge >= 0.3 is 0 Å². The molecule has 1 amide bonds. The van der Waals surface area contributed by atoms with Crippen LogP contribution in [0.4, 0.5) is 0 Å². The molecule has 1 fully saturated rings. The Kier molecular flexibility index (Phi) is 4.55. The molecule has 0 unspecified atom stereocenters. The molecule has 0 radical (unpaired) electrons. The lowest BCUT2D eigenvalue weighted by Gasteiger charge is -2.28. The van der Waals surface area contributed by atoms with Crippen LogP contribution < -0.4 is 0 Å². The van der Waals surface area contributed by atoms with Gasteiger partial charge in [-0.15, -0.1) is 0 Å². The number of halogens is 1. The van der Waals surface area contributed by atoms with Crippen molar-refractivity contribution in [2.45, 2.75) is 31.9 Å². The standard InChI is InChI=1S/C17H18BrNO4/c1-10(20)14-15(11-4-6-12(18)7-5-11)19(17(22)16(14)21)9-13-3-2-8-23-13/h4-7,13,15,21H,2-3,8-9H2,1H3/t13-,15+/m1/s1. The number of carbonyl (C=O) groups excluding carboxylic acids is 2. The van der Waals surface area contributed by atoms with Crippen molar-refractivity contribution in [3.8, 4) is 0 Å². The third-order valence-corrected chi connectivity index (χ3v) is 4.82. The average molecular weight is 380 g/mol. The van der Waals surface area contributed by atoms with E-state index in [4.69, 9.17) is 4.74 Å². The van der Waals surface area contributed by atoms with Crippen molar-refractivity contribution in [1.29, 1.82) is 0 Å². The molecule has 122 valence electrons. The van der Waals surface area contributed by atoms with Crippen LogP contribution in [-0.2, 0) is 14.3 Å². The highest BCUT2D eigenvalue weighted by molar-refractivity contribution is 9.10. The third-order valence-electron chi connectivity index (χ3n) is 4.29. The zero-order valence-corrected chi connectivity index (χ0v) is 14.4. The van der Waals surface area contributed by atoms with Crippen molar-refractivity contribution < 1.29 is 19.4 Å². The number of hydrogen-bond donors (Lipinski definition) is 1. The fraction of sp³-hybridized carbons (Fsp3) is 0.412. The third kappa shape index (κ3) is 3.05. The van der Waals surface area contributed by atoms with Crippen LogP contribution in [-0.4, -0.2) is 41.0 Å². The van der Waals surface area contributed by atoms with E-state index >= 15 is 0 Å². The summed E-state index contributed by atoms with van der Waals surface area (Å²) >= 11 is 3.38. The van der Waals surface area contributed by atoms with Crippen LogP contribution in [0.5, 0.6) is 0 Å². The van der Waals surface area contributed by atoms with Crippen LogP contribution in [0, 0.1) is 0 Å². The van der Waals surface area contributed by atoms with Crippen LogP contribution >= 0.6 is 15.9 Å². The zero-order chi connectivity index (χ0) is 16.6. The molecule has 1 aromatic rings. The Morgan fingerprint density at radius 3 is 2.65 bits per heavy atom. The van der Waals surface area contributed by atoms with Gasteiger partial charge in [0, 0.05) is 17.6 Å². The molecular weight excluding hydrogens is 362 g/mol. The summed E-state index contributed by atoms with van der Waals surface area (Å²) in [4.78, 5) is 26.0. The van der Waals surface area contributed by atoms with Gasteiger partial charge in [-0.05, 0) is 37.5 Å². The maximum atomic E-state index is 12.5. The lowest BCUT2D eigenvalue weighted by molar-refractivity contribution is -0.131. The molecule has 1 saturated heterocycles. The highest BCUT2D eigenvalue weighted by Crippen LogP contribution is 2.38. The summed E-state index contributed by atoms with van der Waals surface area (Å²) in [7, 11) is 0. The maximum Gasteiger partial charge on any atom is 0.290 e. The number of carbonyl (C=O) groups is 2. The number of ether oxygens (including phenoxy) is 1. The van der Waals surface area contributed by atoms with E-state index in [1.54, 1.807) is 4.90 Å². The molecule has 2 aliphatic heterocycles. The quantitative estimate of drug-likeness (QED) is 0.873. The molecule has 0 saturated carbocycles. The van der Waals surface area contributed by atoms with Crippen LogP contribution in [0.1, 0.15) is 31.4 Å². The molecule has 6 heteroatoms. The number of nitrogens with zero attached hydrogens (tertiary/aromatic N) is 1. The molecule has 5 nitrogen and oxygen atoms in total. The Labute approximate surface area is 143 Å². The van der Waals surface area contributed by atoms with Crippen LogP contribution in [0.25, 0.3) is 0 Å². The number of aliphatic hydroxyl groups excluding tert-OH is 1. The number of hydrogen-bond acceptors (Lipinski definition) is 4. The van der Waals surface area contributed by atoms with Gasteiger partial charge in [-0.3, -0.25) is 9.59 Å². The summed E-state index contributed by atoms with van der Waals surface area (Å²) in [5.41, 5.74) is 0.962. The van der Waals surface area contributed by atoms with Crippen molar-refractivity contribution >= 4 is 27.6 Å². The first-order chi connectivity index (χ1) is 11.0. The minimum Gasteiger partial charge on any atom is -0.503 e. The topological polar surface area (TPSA) is 66.8 Å². The molecule has 1 aromatic carbocycles. The van der Waals surface area contributed by atoms with E-state index in [0.717, 1.165) is 22.9 Å². The molecule has 3 rings (SSSR count). The fourth-order valence-corrected chi connectivity index (χ4v) is 3.47. The van der Waals surface area contributed by atoms with E-state index in [0.29, 0.717) is 13.2 Å². The predicted molar refractivity (Wildman–Crippen MR) is 87.9 cm³/mol. The van der Waals surface area contributed by atoms with Crippen molar-refractivity contribution in [3.63, 3.8) is 0 Å². The predicted octanol–water partition coefficient (Wildman–Crippen LogP) is 2.91. The van der Waals surface area contributed by atoms with Crippen LogP contribution in [0.15, 0.2) is 40.1 Å². The second-order valence-corrected chi connectivity index (χ2v) is 6.78. The second kappa shape index (κ2) is 6.45. The number of rotatable bonds is 4. The van der Waals surface area contributed by atoms with Crippen molar-refractivity contribution in [2.75, 3.05) is 13.2 Å². The average Bonchev–Trinajstić information content (AvgIpc) is 3.10. The van der Waals surface area contributed by atoms with Gasteiger partial charge in [0.1, 0.15) is 0 Å². The van der Waals surface area contributed by atoms with E-state index in [1.807, 2.05) is 24.3 Å². The van der Waals surface area contributed by atoms with Crippen LogP contribution in [0.2, 0.25) is 0 Å². The molecular formula is C17H18BrNO4. The summed E-state index contributed by atoms with van der Waals surface area (Å²) < 4.78 is 6.52. The van der Waals surface area contributed by atoms with Gasteiger partial charge in [0.2, 0.25) is 0 Å².